The monoisotopic (exact) mass is 390 g/mol. The predicted molar refractivity (Wildman–Crippen MR) is 100 cm³/mol. The van der Waals surface area contributed by atoms with E-state index >= 15 is 0 Å². The van der Waals surface area contributed by atoms with E-state index < -0.39 is 15.9 Å². The van der Waals surface area contributed by atoms with Gasteiger partial charge in [0.1, 0.15) is 0 Å². The number of nitrogens with zero attached hydrogens (tertiary/aromatic N) is 2. The van der Waals surface area contributed by atoms with Crippen molar-refractivity contribution in [2.75, 3.05) is 20.6 Å². The number of hydrogen-bond donors (Lipinski definition) is 2. The van der Waals surface area contributed by atoms with Crippen LogP contribution in [0.25, 0.3) is 0 Å². The van der Waals surface area contributed by atoms with E-state index in [2.05, 4.69) is 15.6 Å². The number of carbonyl (C=O) groups is 2. The minimum Gasteiger partial charge on any atom is -0.346 e. The summed E-state index contributed by atoms with van der Waals surface area (Å²) in [5.74, 6) is -0.912. The molecule has 27 heavy (non-hydrogen) atoms. The first-order valence-corrected chi connectivity index (χ1v) is 9.67. The van der Waals surface area contributed by atoms with Gasteiger partial charge in [-0.3, -0.25) is 14.6 Å². The minimum absolute atomic E-state index is 0.00776. The van der Waals surface area contributed by atoms with Gasteiger partial charge in [-0.2, -0.15) is 0 Å². The Morgan fingerprint density at radius 3 is 2.52 bits per heavy atom. The number of sulfonamides is 1. The largest absolute Gasteiger partial charge is 0.346 e. The van der Waals surface area contributed by atoms with Gasteiger partial charge in [0.15, 0.2) is 0 Å². The number of pyridine rings is 1. The standard InChI is InChI=1S/C18H22N4O4S/c1-13(16-9-4-5-10-19-16)21-17(23)12-20-18(24)14-7-6-8-15(11-14)27(25,26)22(2)3/h4-11,13H,12H2,1-3H3,(H,20,24)(H,21,23). The molecule has 0 saturated carbocycles. The molecule has 0 saturated heterocycles. The van der Waals surface area contributed by atoms with Crippen molar-refractivity contribution in [3.8, 4) is 0 Å². The van der Waals surface area contributed by atoms with E-state index in [4.69, 9.17) is 0 Å². The lowest BCUT2D eigenvalue weighted by Crippen LogP contribution is -2.38. The van der Waals surface area contributed by atoms with Crippen molar-refractivity contribution in [3.63, 3.8) is 0 Å². The maximum atomic E-state index is 12.2. The second kappa shape index (κ2) is 8.74. The van der Waals surface area contributed by atoms with Gasteiger partial charge in [0.25, 0.3) is 5.91 Å². The molecule has 0 aliphatic rings. The number of amides is 2. The van der Waals surface area contributed by atoms with E-state index in [9.17, 15) is 18.0 Å². The van der Waals surface area contributed by atoms with E-state index in [1.807, 2.05) is 6.07 Å². The fraction of sp³-hybridized carbons (Fsp3) is 0.278. The third-order valence-electron chi connectivity index (χ3n) is 3.79. The summed E-state index contributed by atoms with van der Waals surface area (Å²) in [6.07, 6.45) is 1.63. The van der Waals surface area contributed by atoms with Gasteiger partial charge in [-0.1, -0.05) is 12.1 Å². The summed E-state index contributed by atoms with van der Waals surface area (Å²) in [7, 11) is -0.820. The molecule has 0 fully saturated rings. The van der Waals surface area contributed by atoms with Crippen LogP contribution < -0.4 is 10.6 Å². The topological polar surface area (TPSA) is 108 Å². The molecule has 144 valence electrons. The van der Waals surface area contributed by atoms with Crippen molar-refractivity contribution in [1.82, 2.24) is 19.9 Å². The molecule has 8 nitrogen and oxygen atoms in total. The van der Waals surface area contributed by atoms with Crippen LogP contribution in [0.3, 0.4) is 0 Å². The van der Waals surface area contributed by atoms with Crippen LogP contribution in [0.4, 0.5) is 0 Å². The predicted octanol–water partition coefficient (Wildman–Crippen LogP) is 0.939. The lowest BCUT2D eigenvalue weighted by molar-refractivity contribution is -0.120. The van der Waals surface area contributed by atoms with Crippen LogP contribution in [0.1, 0.15) is 29.0 Å². The van der Waals surface area contributed by atoms with Crippen molar-refractivity contribution >= 4 is 21.8 Å². The Bertz CT molecular complexity index is 914. The van der Waals surface area contributed by atoms with Crippen LogP contribution >= 0.6 is 0 Å². The van der Waals surface area contributed by atoms with Crippen molar-refractivity contribution in [1.29, 1.82) is 0 Å². The smallest absolute Gasteiger partial charge is 0.251 e. The molecule has 0 spiro atoms. The number of carbonyl (C=O) groups excluding carboxylic acids is 2. The molecule has 1 aromatic heterocycles. The van der Waals surface area contributed by atoms with E-state index in [0.717, 1.165) is 4.31 Å². The van der Waals surface area contributed by atoms with Crippen LogP contribution in [0, 0.1) is 0 Å². The average molecular weight is 390 g/mol. The normalized spacial score (nSPS) is 12.4. The first kappa shape index (κ1) is 20.5. The maximum absolute atomic E-state index is 12.2. The van der Waals surface area contributed by atoms with Gasteiger partial charge < -0.3 is 10.6 Å². The molecule has 1 aromatic carbocycles. The second-order valence-electron chi connectivity index (χ2n) is 6.04. The molecule has 2 rings (SSSR count). The fourth-order valence-electron chi connectivity index (χ4n) is 2.27. The highest BCUT2D eigenvalue weighted by molar-refractivity contribution is 7.89. The number of hydrogen-bond acceptors (Lipinski definition) is 5. The number of aromatic nitrogens is 1. The Kier molecular flexibility index (Phi) is 6.65. The third-order valence-corrected chi connectivity index (χ3v) is 5.60. The van der Waals surface area contributed by atoms with E-state index in [1.54, 1.807) is 25.3 Å². The molecule has 1 heterocycles. The summed E-state index contributed by atoms with van der Waals surface area (Å²) in [5.41, 5.74) is 0.863. The molecule has 0 aliphatic carbocycles. The lowest BCUT2D eigenvalue weighted by atomic mass is 10.2. The zero-order chi connectivity index (χ0) is 20.0. The van der Waals surface area contributed by atoms with Gasteiger partial charge >= 0.3 is 0 Å². The molecule has 2 N–H and O–H groups in total. The Balaban J connectivity index is 1.97. The lowest BCUT2D eigenvalue weighted by Gasteiger charge is -2.14. The highest BCUT2D eigenvalue weighted by atomic mass is 32.2. The molecular formula is C18H22N4O4S. The Morgan fingerprint density at radius 1 is 1.15 bits per heavy atom. The maximum Gasteiger partial charge on any atom is 0.251 e. The molecule has 1 unspecified atom stereocenters. The van der Waals surface area contributed by atoms with Gasteiger partial charge in [-0.25, -0.2) is 12.7 Å². The summed E-state index contributed by atoms with van der Waals surface area (Å²) in [6, 6.07) is 10.7. The number of benzene rings is 1. The van der Waals surface area contributed by atoms with Crippen LogP contribution in [0.5, 0.6) is 0 Å². The molecule has 0 bridgehead atoms. The Labute approximate surface area is 158 Å². The zero-order valence-electron chi connectivity index (χ0n) is 15.3. The van der Waals surface area contributed by atoms with Gasteiger partial charge in [0.2, 0.25) is 15.9 Å². The SMILES string of the molecule is CC(NC(=O)CNC(=O)c1cccc(S(=O)(=O)N(C)C)c1)c1ccccn1. The number of rotatable bonds is 7. The molecule has 1 atom stereocenters. The molecular weight excluding hydrogens is 368 g/mol. The molecule has 0 radical (unpaired) electrons. The van der Waals surface area contributed by atoms with Gasteiger partial charge in [-0.15, -0.1) is 0 Å². The van der Waals surface area contributed by atoms with Gasteiger partial charge in [0.05, 0.1) is 23.2 Å². The third kappa shape index (κ3) is 5.35. The molecule has 9 heteroatoms. The molecule has 0 aliphatic heterocycles. The van der Waals surface area contributed by atoms with Gasteiger partial charge in [-0.05, 0) is 37.3 Å². The van der Waals surface area contributed by atoms with Crippen LogP contribution in [0.15, 0.2) is 53.6 Å². The minimum atomic E-state index is -3.64. The van der Waals surface area contributed by atoms with Crippen molar-refractivity contribution in [2.24, 2.45) is 0 Å². The molecule has 2 amide bonds. The van der Waals surface area contributed by atoms with Crippen LogP contribution in [0.2, 0.25) is 0 Å². The van der Waals surface area contributed by atoms with Crippen molar-refractivity contribution in [3.05, 3.63) is 59.9 Å². The summed E-state index contributed by atoms with van der Waals surface area (Å²) >= 11 is 0. The van der Waals surface area contributed by atoms with Crippen molar-refractivity contribution in [2.45, 2.75) is 17.9 Å². The Hall–Kier alpha value is -2.78. The van der Waals surface area contributed by atoms with E-state index in [1.165, 1.54) is 38.4 Å². The number of nitrogens with one attached hydrogen (secondary N) is 2. The summed E-state index contributed by atoms with van der Waals surface area (Å²) in [5, 5.41) is 5.22. The quantitative estimate of drug-likeness (QED) is 0.731. The van der Waals surface area contributed by atoms with E-state index in [0.29, 0.717) is 5.69 Å². The van der Waals surface area contributed by atoms with Crippen LogP contribution in [-0.4, -0.2) is 50.2 Å². The Morgan fingerprint density at radius 2 is 1.89 bits per heavy atom. The van der Waals surface area contributed by atoms with E-state index in [-0.39, 0.29) is 29.0 Å². The van der Waals surface area contributed by atoms with Crippen molar-refractivity contribution < 1.29 is 18.0 Å². The first-order valence-electron chi connectivity index (χ1n) is 8.23. The average Bonchev–Trinajstić information content (AvgIpc) is 2.66. The zero-order valence-corrected chi connectivity index (χ0v) is 16.2. The summed E-state index contributed by atoms with van der Waals surface area (Å²) < 4.78 is 25.4. The second-order valence-corrected chi connectivity index (χ2v) is 8.19. The summed E-state index contributed by atoms with van der Waals surface area (Å²) in [4.78, 5) is 28.4. The first-order chi connectivity index (χ1) is 12.7. The highest BCUT2D eigenvalue weighted by Crippen LogP contribution is 2.14. The highest BCUT2D eigenvalue weighted by Gasteiger charge is 2.19. The molecule has 2 aromatic rings. The fourth-order valence-corrected chi connectivity index (χ4v) is 3.22. The summed E-state index contributed by atoms with van der Waals surface area (Å²) in [6.45, 7) is 1.55. The van der Waals surface area contributed by atoms with Crippen LogP contribution in [-0.2, 0) is 14.8 Å². The van der Waals surface area contributed by atoms with Gasteiger partial charge in [0, 0.05) is 25.9 Å².